The predicted molar refractivity (Wildman–Crippen MR) is 86.1 cm³/mol. The molecular formula is C19H28O2. The summed E-state index contributed by atoms with van der Waals surface area (Å²) in [6.45, 7) is 8.83. The summed E-state index contributed by atoms with van der Waals surface area (Å²) in [5.41, 5.74) is 2.57. The average Bonchev–Trinajstić information content (AvgIpc) is 2.37. The Balaban J connectivity index is 1.97. The molecule has 0 spiro atoms. The van der Waals surface area contributed by atoms with Crippen LogP contribution in [-0.4, -0.2) is 16.8 Å². The van der Waals surface area contributed by atoms with Gasteiger partial charge in [0.2, 0.25) is 0 Å². The number of allylic oxidation sites excluding steroid dienone is 4. The lowest BCUT2D eigenvalue weighted by atomic mass is 9.63. The van der Waals surface area contributed by atoms with Crippen molar-refractivity contribution in [1.29, 1.82) is 0 Å². The molecule has 0 bridgehead atoms. The molecule has 1 heterocycles. The summed E-state index contributed by atoms with van der Waals surface area (Å²) >= 11 is 0. The van der Waals surface area contributed by atoms with Crippen LogP contribution in [0.15, 0.2) is 35.1 Å². The first-order chi connectivity index (χ1) is 9.92. The van der Waals surface area contributed by atoms with E-state index in [9.17, 15) is 5.11 Å². The topological polar surface area (TPSA) is 29.5 Å². The Morgan fingerprint density at radius 2 is 2.10 bits per heavy atom. The fourth-order valence-electron chi connectivity index (χ4n) is 4.49. The van der Waals surface area contributed by atoms with E-state index < -0.39 is 0 Å². The van der Waals surface area contributed by atoms with Gasteiger partial charge in [-0.1, -0.05) is 31.1 Å². The second kappa shape index (κ2) is 5.31. The van der Waals surface area contributed by atoms with Crippen LogP contribution in [0.3, 0.4) is 0 Å². The highest BCUT2D eigenvalue weighted by atomic mass is 16.5. The normalized spacial score (nSPS) is 37.8. The van der Waals surface area contributed by atoms with Crippen LogP contribution in [0.5, 0.6) is 0 Å². The third-order valence-corrected chi connectivity index (χ3v) is 5.48. The second-order valence-electron chi connectivity index (χ2n) is 7.51. The molecule has 116 valence electrons. The van der Waals surface area contributed by atoms with E-state index in [2.05, 4.69) is 39.8 Å². The molecule has 0 aromatic carbocycles. The van der Waals surface area contributed by atoms with Crippen molar-refractivity contribution in [2.24, 2.45) is 17.8 Å². The monoisotopic (exact) mass is 288 g/mol. The molecule has 3 aliphatic rings. The number of aliphatic hydroxyl groups excluding tert-OH is 1. The van der Waals surface area contributed by atoms with E-state index in [0.29, 0.717) is 17.6 Å². The van der Waals surface area contributed by atoms with Crippen LogP contribution in [0.2, 0.25) is 0 Å². The lowest BCUT2D eigenvalue weighted by Gasteiger charge is -2.52. The highest BCUT2D eigenvalue weighted by Gasteiger charge is 2.51. The Bertz CT molecular complexity index is 510. The summed E-state index contributed by atoms with van der Waals surface area (Å²) in [5, 5.41) is 10.6. The van der Waals surface area contributed by atoms with Crippen LogP contribution in [0.25, 0.3) is 0 Å². The summed E-state index contributed by atoms with van der Waals surface area (Å²) in [7, 11) is 0. The van der Waals surface area contributed by atoms with E-state index in [1.165, 1.54) is 17.6 Å². The molecule has 21 heavy (non-hydrogen) atoms. The number of ether oxygens (including phenoxy) is 1. The van der Waals surface area contributed by atoms with Crippen LogP contribution in [0, 0.1) is 17.8 Å². The van der Waals surface area contributed by atoms with E-state index in [0.717, 1.165) is 19.3 Å². The Labute approximate surface area is 128 Å². The molecule has 0 saturated carbocycles. The summed E-state index contributed by atoms with van der Waals surface area (Å²) < 4.78 is 6.42. The first-order valence-corrected chi connectivity index (χ1v) is 8.38. The quantitative estimate of drug-likeness (QED) is 0.730. The minimum Gasteiger partial charge on any atom is -0.512 e. The summed E-state index contributed by atoms with van der Waals surface area (Å²) in [6, 6.07) is 0. The highest BCUT2D eigenvalue weighted by Crippen LogP contribution is 2.51. The zero-order valence-electron chi connectivity index (χ0n) is 13.7. The van der Waals surface area contributed by atoms with Gasteiger partial charge in [-0.05, 0) is 63.5 Å². The first-order valence-electron chi connectivity index (χ1n) is 8.38. The van der Waals surface area contributed by atoms with Crippen molar-refractivity contribution in [3.8, 4) is 0 Å². The molecule has 3 rings (SSSR count). The number of rotatable bonds is 2. The van der Waals surface area contributed by atoms with Crippen LogP contribution >= 0.6 is 0 Å². The molecular weight excluding hydrogens is 260 g/mol. The fraction of sp³-hybridized carbons (Fsp3) is 0.684. The molecule has 1 fully saturated rings. The Morgan fingerprint density at radius 3 is 2.81 bits per heavy atom. The van der Waals surface area contributed by atoms with Gasteiger partial charge in [-0.15, -0.1) is 0 Å². The average molecular weight is 288 g/mol. The van der Waals surface area contributed by atoms with E-state index in [4.69, 9.17) is 4.74 Å². The summed E-state index contributed by atoms with van der Waals surface area (Å²) in [6.07, 6.45) is 11.1. The van der Waals surface area contributed by atoms with Crippen molar-refractivity contribution in [3.05, 3.63) is 35.1 Å². The number of hydrogen-bond donors (Lipinski definition) is 1. The molecule has 1 N–H and O–H groups in total. The zero-order valence-corrected chi connectivity index (χ0v) is 13.7. The zero-order chi connectivity index (χ0) is 15.2. The largest absolute Gasteiger partial charge is 0.512 e. The second-order valence-corrected chi connectivity index (χ2v) is 7.51. The molecule has 2 aliphatic carbocycles. The van der Waals surface area contributed by atoms with E-state index in [1.807, 2.05) is 6.08 Å². The van der Waals surface area contributed by atoms with Gasteiger partial charge < -0.3 is 9.84 Å². The number of fused-ring (bicyclic) bond motifs is 3. The van der Waals surface area contributed by atoms with Crippen molar-refractivity contribution in [1.82, 2.24) is 0 Å². The minimum absolute atomic E-state index is 0.0231. The van der Waals surface area contributed by atoms with Gasteiger partial charge in [0.05, 0.1) is 23.4 Å². The fourth-order valence-corrected chi connectivity index (χ4v) is 4.49. The van der Waals surface area contributed by atoms with Crippen LogP contribution in [0.4, 0.5) is 0 Å². The predicted octanol–water partition coefficient (Wildman–Crippen LogP) is 4.93. The third kappa shape index (κ3) is 2.59. The standard InChI is InChI=1S/C19H28O2/c1-5-6-13-10-16(20)18-14-9-12(2)7-8-15(14)19(3,4)21-17(18)11-13/h9-11,14-15,17-18,20H,5-8H2,1-4H3. The molecule has 0 aromatic heterocycles. The highest BCUT2D eigenvalue weighted by molar-refractivity contribution is 5.33. The van der Waals surface area contributed by atoms with Gasteiger partial charge in [-0.25, -0.2) is 0 Å². The van der Waals surface area contributed by atoms with Gasteiger partial charge in [0.25, 0.3) is 0 Å². The van der Waals surface area contributed by atoms with Gasteiger partial charge in [-0.3, -0.25) is 0 Å². The van der Waals surface area contributed by atoms with Gasteiger partial charge in [-0.2, -0.15) is 0 Å². The van der Waals surface area contributed by atoms with Crippen LogP contribution in [0.1, 0.15) is 53.4 Å². The van der Waals surface area contributed by atoms with Gasteiger partial charge >= 0.3 is 0 Å². The Hall–Kier alpha value is -1.02. The van der Waals surface area contributed by atoms with Crippen molar-refractivity contribution >= 4 is 0 Å². The van der Waals surface area contributed by atoms with Crippen molar-refractivity contribution < 1.29 is 9.84 Å². The molecule has 0 amide bonds. The minimum atomic E-state index is -0.117. The lowest BCUT2D eigenvalue weighted by molar-refractivity contribution is -0.170. The molecule has 4 unspecified atom stereocenters. The molecule has 0 radical (unpaired) electrons. The maximum Gasteiger partial charge on any atom is 0.0991 e. The lowest BCUT2D eigenvalue weighted by Crippen LogP contribution is -2.54. The molecule has 1 saturated heterocycles. The van der Waals surface area contributed by atoms with Crippen LogP contribution < -0.4 is 0 Å². The molecule has 2 heteroatoms. The summed E-state index contributed by atoms with van der Waals surface area (Å²) in [4.78, 5) is 0. The van der Waals surface area contributed by atoms with E-state index in [-0.39, 0.29) is 17.6 Å². The number of aliphatic hydroxyl groups is 1. The Kier molecular flexibility index (Phi) is 3.77. The van der Waals surface area contributed by atoms with Crippen molar-refractivity contribution in [2.45, 2.75) is 65.1 Å². The Morgan fingerprint density at radius 1 is 1.33 bits per heavy atom. The van der Waals surface area contributed by atoms with Crippen molar-refractivity contribution in [2.75, 3.05) is 0 Å². The first kappa shape index (κ1) is 14.9. The van der Waals surface area contributed by atoms with Crippen LogP contribution in [-0.2, 0) is 4.74 Å². The van der Waals surface area contributed by atoms with Gasteiger partial charge in [0, 0.05) is 0 Å². The van der Waals surface area contributed by atoms with Crippen molar-refractivity contribution in [3.63, 3.8) is 0 Å². The molecule has 2 nitrogen and oxygen atoms in total. The maximum atomic E-state index is 10.6. The smallest absolute Gasteiger partial charge is 0.0991 e. The SMILES string of the molecule is CCCC1=CC2OC(C)(C)C3CCC(C)=CC3C2C(O)=C1. The van der Waals surface area contributed by atoms with E-state index in [1.54, 1.807) is 0 Å². The maximum absolute atomic E-state index is 10.6. The van der Waals surface area contributed by atoms with E-state index >= 15 is 0 Å². The molecule has 0 aromatic rings. The van der Waals surface area contributed by atoms with Gasteiger partial charge in [0.1, 0.15) is 0 Å². The van der Waals surface area contributed by atoms with Gasteiger partial charge in [0.15, 0.2) is 0 Å². The number of hydrogen-bond acceptors (Lipinski definition) is 2. The molecule has 1 aliphatic heterocycles. The summed E-state index contributed by atoms with van der Waals surface area (Å²) in [5.74, 6) is 1.54. The third-order valence-electron chi connectivity index (χ3n) is 5.48. The molecule has 4 atom stereocenters.